The molecule has 0 radical (unpaired) electrons. The summed E-state index contributed by atoms with van der Waals surface area (Å²) in [7, 11) is -3.01. The molecule has 0 heterocycles. The number of halogens is 4. The fraction of sp³-hybridized carbons (Fsp3) is 1.00. The molecular formula is C3H4F4OS. The molecule has 0 aromatic rings. The van der Waals surface area contributed by atoms with Crippen molar-refractivity contribution in [1.82, 2.24) is 0 Å². The molecule has 56 valence electrons. The Bertz CT molecular complexity index is 114. The summed E-state index contributed by atoms with van der Waals surface area (Å²) in [6.07, 6.45) is 0. The minimum absolute atomic E-state index is 1.71. The van der Waals surface area contributed by atoms with Gasteiger partial charge in [0, 0.05) is 0 Å². The van der Waals surface area contributed by atoms with Crippen molar-refractivity contribution in [3.05, 3.63) is 0 Å². The van der Waals surface area contributed by atoms with E-state index in [1.807, 2.05) is 0 Å². The van der Waals surface area contributed by atoms with E-state index in [9.17, 15) is 21.8 Å². The van der Waals surface area contributed by atoms with E-state index in [1.54, 1.807) is 0 Å². The molecule has 1 nitrogen and oxygen atoms in total. The number of hydrogen-bond acceptors (Lipinski definition) is 1. The lowest BCUT2D eigenvalue weighted by Gasteiger charge is -2.06. The fourth-order valence-corrected chi connectivity index (χ4v) is 0.422. The first-order valence-electron chi connectivity index (χ1n) is 1.93. The molecule has 0 rings (SSSR count). The Morgan fingerprint density at radius 1 is 1.33 bits per heavy atom. The fourth-order valence-electron chi connectivity index (χ4n) is 0.141. The van der Waals surface area contributed by atoms with Crippen LogP contribution in [0.4, 0.5) is 17.6 Å². The lowest BCUT2D eigenvalue weighted by atomic mass is 10.8. The maximum atomic E-state index is 11.6. The van der Waals surface area contributed by atoms with Gasteiger partial charge in [0.15, 0.2) is 12.7 Å². The number of hydrogen-bond donors (Lipinski definition) is 0. The second-order valence-electron chi connectivity index (χ2n) is 1.23. The highest BCUT2D eigenvalue weighted by molar-refractivity contribution is 7.85. The maximum absolute atomic E-state index is 11.6. The standard InChI is InChI=1S/C3H4F4OS/c4-1-3(6,7)9(8)2-5/h1-2H2. The zero-order valence-corrected chi connectivity index (χ0v) is 5.06. The van der Waals surface area contributed by atoms with Crippen molar-refractivity contribution in [3.63, 3.8) is 0 Å². The molecule has 0 aliphatic rings. The van der Waals surface area contributed by atoms with Gasteiger partial charge in [-0.15, -0.1) is 0 Å². The second-order valence-corrected chi connectivity index (χ2v) is 2.73. The molecule has 0 saturated heterocycles. The van der Waals surface area contributed by atoms with Crippen molar-refractivity contribution in [1.29, 1.82) is 0 Å². The molecule has 0 aromatic heterocycles. The van der Waals surface area contributed by atoms with Gasteiger partial charge >= 0.3 is 5.25 Å². The third-order valence-electron chi connectivity index (χ3n) is 0.588. The summed E-state index contributed by atoms with van der Waals surface area (Å²) in [5, 5.41) is -4.02. The van der Waals surface area contributed by atoms with Crippen molar-refractivity contribution >= 4 is 10.8 Å². The van der Waals surface area contributed by atoms with Gasteiger partial charge in [0.05, 0.1) is 0 Å². The average molecular weight is 164 g/mol. The zero-order valence-electron chi connectivity index (χ0n) is 4.24. The topological polar surface area (TPSA) is 17.1 Å². The van der Waals surface area contributed by atoms with Gasteiger partial charge in [-0.05, 0) is 0 Å². The number of alkyl halides is 4. The third-order valence-corrected chi connectivity index (χ3v) is 1.56. The summed E-state index contributed by atoms with van der Waals surface area (Å²) >= 11 is 0. The average Bonchev–Trinajstić information content (AvgIpc) is 1.86. The molecule has 0 amide bonds. The van der Waals surface area contributed by atoms with Crippen molar-refractivity contribution < 1.29 is 21.8 Å². The maximum Gasteiger partial charge on any atom is 0.351 e. The van der Waals surface area contributed by atoms with Crippen LogP contribution in [0.1, 0.15) is 0 Å². The van der Waals surface area contributed by atoms with Crippen LogP contribution in [0.3, 0.4) is 0 Å². The molecule has 0 fully saturated rings. The van der Waals surface area contributed by atoms with E-state index >= 15 is 0 Å². The highest BCUT2D eigenvalue weighted by atomic mass is 32.2. The van der Waals surface area contributed by atoms with Crippen LogP contribution in [-0.2, 0) is 10.8 Å². The van der Waals surface area contributed by atoms with Crippen molar-refractivity contribution in [2.24, 2.45) is 0 Å². The van der Waals surface area contributed by atoms with E-state index in [-0.39, 0.29) is 0 Å². The molecule has 0 bridgehead atoms. The predicted octanol–water partition coefficient (Wildman–Crippen LogP) is 1.22. The summed E-state index contributed by atoms with van der Waals surface area (Å²) in [5.41, 5.74) is 0. The van der Waals surface area contributed by atoms with Crippen LogP contribution >= 0.6 is 0 Å². The van der Waals surface area contributed by atoms with Crippen LogP contribution in [-0.4, -0.2) is 22.1 Å². The molecule has 6 heteroatoms. The second kappa shape index (κ2) is 3.14. The lowest BCUT2D eigenvalue weighted by molar-refractivity contribution is 0.0671. The molecule has 0 aliphatic heterocycles. The quantitative estimate of drug-likeness (QED) is 0.573. The SMILES string of the molecule is O=S(CF)C(F)(F)CF. The first-order chi connectivity index (χ1) is 4.04. The molecular weight excluding hydrogens is 160 g/mol. The van der Waals surface area contributed by atoms with Crippen molar-refractivity contribution in [2.45, 2.75) is 5.25 Å². The van der Waals surface area contributed by atoms with E-state index in [1.165, 1.54) is 0 Å². The van der Waals surface area contributed by atoms with E-state index in [0.717, 1.165) is 0 Å². The minimum atomic E-state index is -4.02. The van der Waals surface area contributed by atoms with Gasteiger partial charge in [0.2, 0.25) is 0 Å². The van der Waals surface area contributed by atoms with Crippen LogP contribution in [0.5, 0.6) is 0 Å². The molecule has 1 atom stereocenters. The largest absolute Gasteiger partial charge is 0.351 e. The van der Waals surface area contributed by atoms with Gasteiger partial charge in [-0.1, -0.05) is 0 Å². The van der Waals surface area contributed by atoms with Crippen molar-refractivity contribution in [3.8, 4) is 0 Å². The molecule has 0 spiro atoms. The van der Waals surface area contributed by atoms with Crippen LogP contribution in [0.2, 0.25) is 0 Å². The summed E-state index contributed by atoms with van der Waals surface area (Å²) < 4.78 is 55.3. The highest BCUT2D eigenvalue weighted by Gasteiger charge is 2.36. The van der Waals surface area contributed by atoms with Crippen LogP contribution in [0, 0.1) is 0 Å². The Kier molecular flexibility index (Phi) is 3.10. The number of rotatable bonds is 3. The zero-order chi connectivity index (χ0) is 7.49. The van der Waals surface area contributed by atoms with Gasteiger partial charge in [0.25, 0.3) is 0 Å². The molecule has 0 saturated carbocycles. The predicted molar refractivity (Wildman–Crippen MR) is 25.0 cm³/mol. The first-order valence-corrected chi connectivity index (χ1v) is 3.24. The normalized spacial score (nSPS) is 15.6. The molecule has 1 unspecified atom stereocenters. The van der Waals surface area contributed by atoms with E-state index in [4.69, 9.17) is 0 Å². The van der Waals surface area contributed by atoms with Gasteiger partial charge in [-0.2, -0.15) is 8.78 Å². The third kappa shape index (κ3) is 2.30. The van der Waals surface area contributed by atoms with Crippen LogP contribution in [0.15, 0.2) is 0 Å². The molecule has 0 aromatic carbocycles. The summed E-state index contributed by atoms with van der Waals surface area (Å²) in [6.45, 7) is -2.08. The van der Waals surface area contributed by atoms with Gasteiger partial charge in [0.1, 0.15) is 10.8 Å². The van der Waals surface area contributed by atoms with Crippen LogP contribution in [0.25, 0.3) is 0 Å². The smallest absolute Gasteiger partial charge is 0.251 e. The Hall–Kier alpha value is -0.130. The summed E-state index contributed by atoms with van der Waals surface area (Å²) in [4.78, 5) is 0. The Morgan fingerprint density at radius 3 is 1.89 bits per heavy atom. The Balaban J connectivity index is 3.97. The van der Waals surface area contributed by atoms with Crippen molar-refractivity contribution in [2.75, 3.05) is 12.7 Å². The Morgan fingerprint density at radius 2 is 1.78 bits per heavy atom. The Labute approximate surface area is 51.5 Å². The molecule has 0 aliphatic carbocycles. The van der Waals surface area contributed by atoms with Gasteiger partial charge in [-0.25, -0.2) is 8.78 Å². The lowest BCUT2D eigenvalue weighted by Crippen LogP contribution is -2.26. The monoisotopic (exact) mass is 164 g/mol. The van der Waals surface area contributed by atoms with Gasteiger partial charge in [-0.3, -0.25) is 4.21 Å². The van der Waals surface area contributed by atoms with Gasteiger partial charge < -0.3 is 0 Å². The highest BCUT2D eigenvalue weighted by Crippen LogP contribution is 2.18. The molecule has 9 heavy (non-hydrogen) atoms. The van der Waals surface area contributed by atoms with E-state index in [2.05, 4.69) is 0 Å². The minimum Gasteiger partial charge on any atom is -0.251 e. The van der Waals surface area contributed by atoms with Crippen LogP contribution < -0.4 is 0 Å². The summed E-state index contributed by atoms with van der Waals surface area (Å²) in [5.74, 6) is 0. The van der Waals surface area contributed by atoms with E-state index in [0.29, 0.717) is 0 Å². The first kappa shape index (κ1) is 8.87. The van der Waals surface area contributed by atoms with E-state index < -0.39 is 28.7 Å². The summed E-state index contributed by atoms with van der Waals surface area (Å²) in [6, 6.07) is -1.71. The molecule has 0 N–H and O–H groups in total.